The van der Waals surface area contributed by atoms with E-state index in [2.05, 4.69) is 25.7 Å². The van der Waals surface area contributed by atoms with Gasteiger partial charge in [-0.2, -0.15) is 0 Å². The summed E-state index contributed by atoms with van der Waals surface area (Å²) in [6, 6.07) is 9.78. The van der Waals surface area contributed by atoms with Crippen LogP contribution in [-0.2, 0) is 9.53 Å². The minimum Gasteiger partial charge on any atom is -0.506 e. The standard InChI is InChI=1S/C19H14BrClN2O4S/c1-23-17(25)15(8-11-7-12(20)9-14(21)16(11)24)28-19(23)22-13-5-3-10(4-6-13)18(26)27-2/h3-9,24H,1-2H3/b15-8-,22-19?. The molecule has 1 saturated heterocycles. The number of hydrogen-bond acceptors (Lipinski definition) is 6. The van der Waals surface area contributed by atoms with E-state index < -0.39 is 5.97 Å². The summed E-state index contributed by atoms with van der Waals surface area (Å²) in [5.41, 5.74) is 1.43. The second kappa shape index (κ2) is 8.38. The van der Waals surface area contributed by atoms with Crippen LogP contribution in [0.5, 0.6) is 5.75 Å². The van der Waals surface area contributed by atoms with Crippen molar-refractivity contribution in [3.8, 4) is 5.75 Å². The highest BCUT2D eigenvalue weighted by molar-refractivity contribution is 9.10. The van der Waals surface area contributed by atoms with Gasteiger partial charge >= 0.3 is 5.97 Å². The molecule has 1 fully saturated rings. The van der Waals surface area contributed by atoms with Crippen LogP contribution >= 0.6 is 39.3 Å². The molecule has 0 atom stereocenters. The molecule has 0 spiro atoms. The van der Waals surface area contributed by atoms with Gasteiger partial charge < -0.3 is 9.84 Å². The number of nitrogens with zero attached hydrogens (tertiary/aromatic N) is 2. The summed E-state index contributed by atoms with van der Waals surface area (Å²) in [7, 11) is 2.93. The minimum atomic E-state index is -0.431. The molecule has 2 aromatic rings. The highest BCUT2D eigenvalue weighted by atomic mass is 79.9. The molecule has 0 aliphatic carbocycles. The molecule has 0 saturated carbocycles. The fourth-order valence-electron chi connectivity index (χ4n) is 2.39. The van der Waals surface area contributed by atoms with Gasteiger partial charge in [-0.25, -0.2) is 9.79 Å². The van der Waals surface area contributed by atoms with E-state index >= 15 is 0 Å². The van der Waals surface area contributed by atoms with E-state index in [1.165, 1.54) is 23.8 Å². The molecule has 1 heterocycles. The maximum Gasteiger partial charge on any atom is 0.337 e. The second-order valence-electron chi connectivity index (χ2n) is 5.73. The molecule has 0 bridgehead atoms. The van der Waals surface area contributed by atoms with Gasteiger partial charge in [0.25, 0.3) is 5.91 Å². The summed E-state index contributed by atoms with van der Waals surface area (Å²) in [6.07, 6.45) is 1.57. The number of benzene rings is 2. The van der Waals surface area contributed by atoms with Crippen molar-refractivity contribution in [2.24, 2.45) is 4.99 Å². The van der Waals surface area contributed by atoms with Gasteiger partial charge in [0.05, 0.1) is 28.3 Å². The van der Waals surface area contributed by atoms with Crippen molar-refractivity contribution < 1.29 is 19.4 Å². The lowest BCUT2D eigenvalue weighted by atomic mass is 10.2. The molecule has 2 aromatic carbocycles. The number of aromatic hydroxyl groups is 1. The molecule has 0 aromatic heterocycles. The first kappa shape index (κ1) is 20.4. The molecule has 1 amide bonds. The Hall–Kier alpha value is -2.29. The number of amidine groups is 1. The van der Waals surface area contributed by atoms with E-state index in [4.69, 9.17) is 11.6 Å². The Labute approximate surface area is 179 Å². The quantitative estimate of drug-likeness (QED) is 0.502. The monoisotopic (exact) mass is 480 g/mol. The number of halogens is 2. The zero-order chi connectivity index (χ0) is 20.4. The highest BCUT2D eigenvalue weighted by Crippen LogP contribution is 2.37. The molecule has 6 nitrogen and oxygen atoms in total. The third-order valence-electron chi connectivity index (χ3n) is 3.86. The number of thioether (sulfide) groups is 1. The molecular weight excluding hydrogens is 468 g/mol. The third kappa shape index (κ3) is 4.24. The number of likely N-dealkylation sites (N-methyl/N-ethyl adjacent to an activating group) is 1. The Morgan fingerprint density at radius 1 is 1.32 bits per heavy atom. The van der Waals surface area contributed by atoms with Gasteiger partial charge in [-0.15, -0.1) is 0 Å². The average Bonchev–Trinajstić information content (AvgIpc) is 2.93. The van der Waals surface area contributed by atoms with Crippen molar-refractivity contribution in [2.45, 2.75) is 0 Å². The largest absolute Gasteiger partial charge is 0.506 e. The van der Waals surface area contributed by atoms with Gasteiger partial charge in [-0.1, -0.05) is 27.5 Å². The first-order valence-corrected chi connectivity index (χ1v) is 9.91. The van der Waals surface area contributed by atoms with Crippen LogP contribution in [0.15, 0.2) is 50.8 Å². The Morgan fingerprint density at radius 3 is 2.64 bits per heavy atom. The zero-order valence-electron chi connectivity index (χ0n) is 14.8. The molecule has 1 N–H and O–H groups in total. The van der Waals surface area contributed by atoms with Crippen LogP contribution in [0, 0.1) is 0 Å². The molecule has 0 unspecified atom stereocenters. The van der Waals surface area contributed by atoms with Crippen molar-refractivity contribution >= 4 is 68.1 Å². The Kier molecular flexibility index (Phi) is 6.12. The average molecular weight is 482 g/mol. The molecule has 9 heteroatoms. The number of carbonyl (C=O) groups excluding carboxylic acids is 2. The Morgan fingerprint density at radius 2 is 2.00 bits per heavy atom. The molecule has 3 rings (SSSR count). The predicted octanol–water partition coefficient (Wildman–Crippen LogP) is 4.83. The van der Waals surface area contributed by atoms with E-state index in [1.807, 2.05) is 0 Å². The minimum absolute atomic E-state index is 0.0998. The summed E-state index contributed by atoms with van der Waals surface area (Å²) in [5.74, 6) is -0.776. The number of amides is 1. The van der Waals surface area contributed by atoms with Crippen LogP contribution in [0.4, 0.5) is 5.69 Å². The van der Waals surface area contributed by atoms with Gasteiger partial charge in [-0.3, -0.25) is 9.69 Å². The van der Waals surface area contributed by atoms with Gasteiger partial charge in [0, 0.05) is 17.1 Å². The number of esters is 1. The normalized spacial score (nSPS) is 16.9. The molecular formula is C19H14BrClN2O4S. The number of phenols is 1. The molecule has 1 aliphatic heterocycles. The molecule has 28 heavy (non-hydrogen) atoms. The van der Waals surface area contributed by atoms with Gasteiger partial charge in [-0.05, 0) is 54.2 Å². The predicted molar refractivity (Wildman–Crippen MR) is 114 cm³/mol. The summed E-state index contributed by atoms with van der Waals surface area (Å²) in [4.78, 5) is 30.3. The maximum absolute atomic E-state index is 12.5. The summed E-state index contributed by atoms with van der Waals surface area (Å²) >= 11 is 10.5. The fourth-order valence-corrected chi connectivity index (χ4v) is 4.20. The number of aliphatic imine (C=N–C) groups is 1. The van der Waals surface area contributed by atoms with Crippen LogP contribution in [0.1, 0.15) is 15.9 Å². The summed E-state index contributed by atoms with van der Waals surface area (Å²) in [6.45, 7) is 0. The number of hydrogen-bond donors (Lipinski definition) is 1. The van der Waals surface area contributed by atoms with E-state index in [0.717, 1.165) is 0 Å². The smallest absolute Gasteiger partial charge is 0.337 e. The Bertz CT molecular complexity index is 1020. The second-order valence-corrected chi connectivity index (χ2v) is 8.07. The van der Waals surface area contributed by atoms with Crippen molar-refractivity contribution in [2.75, 3.05) is 14.2 Å². The number of carbonyl (C=O) groups is 2. The third-order valence-corrected chi connectivity index (χ3v) is 5.67. The van der Waals surface area contributed by atoms with E-state index in [0.29, 0.717) is 31.4 Å². The first-order valence-electron chi connectivity index (χ1n) is 7.93. The zero-order valence-corrected chi connectivity index (χ0v) is 17.9. The van der Waals surface area contributed by atoms with Gasteiger partial charge in [0.15, 0.2) is 5.17 Å². The topological polar surface area (TPSA) is 79.2 Å². The van der Waals surface area contributed by atoms with Crippen LogP contribution in [-0.4, -0.2) is 41.2 Å². The Balaban J connectivity index is 1.89. The lowest BCUT2D eigenvalue weighted by molar-refractivity contribution is -0.121. The maximum atomic E-state index is 12.5. The molecule has 144 valence electrons. The lowest BCUT2D eigenvalue weighted by Crippen LogP contribution is -2.23. The number of ether oxygens (including phenoxy) is 1. The van der Waals surface area contributed by atoms with Crippen LogP contribution < -0.4 is 0 Å². The summed E-state index contributed by atoms with van der Waals surface area (Å²) < 4.78 is 5.35. The van der Waals surface area contributed by atoms with E-state index in [1.54, 1.807) is 49.5 Å². The lowest BCUT2D eigenvalue weighted by Gasteiger charge is -2.07. The van der Waals surface area contributed by atoms with Crippen molar-refractivity contribution in [3.63, 3.8) is 0 Å². The van der Waals surface area contributed by atoms with E-state index in [-0.39, 0.29) is 16.7 Å². The SMILES string of the molecule is COC(=O)c1ccc(N=C2S/C(=C\c3cc(Br)cc(Cl)c3O)C(=O)N2C)cc1. The molecule has 0 radical (unpaired) electrons. The van der Waals surface area contributed by atoms with Crippen LogP contribution in [0.25, 0.3) is 6.08 Å². The number of methoxy groups -OCH3 is 1. The van der Waals surface area contributed by atoms with Crippen LogP contribution in [0.3, 0.4) is 0 Å². The van der Waals surface area contributed by atoms with Crippen LogP contribution in [0.2, 0.25) is 5.02 Å². The van der Waals surface area contributed by atoms with Crippen molar-refractivity contribution in [1.29, 1.82) is 0 Å². The van der Waals surface area contributed by atoms with Gasteiger partial charge in [0.2, 0.25) is 0 Å². The van der Waals surface area contributed by atoms with Crippen molar-refractivity contribution in [3.05, 3.63) is 61.9 Å². The first-order chi connectivity index (χ1) is 13.3. The van der Waals surface area contributed by atoms with Crippen molar-refractivity contribution in [1.82, 2.24) is 4.90 Å². The number of rotatable bonds is 3. The van der Waals surface area contributed by atoms with E-state index in [9.17, 15) is 14.7 Å². The summed E-state index contributed by atoms with van der Waals surface area (Å²) in [5, 5.41) is 10.8. The fraction of sp³-hybridized carbons (Fsp3) is 0.105. The van der Waals surface area contributed by atoms with Gasteiger partial charge in [0.1, 0.15) is 5.75 Å². The highest BCUT2D eigenvalue weighted by Gasteiger charge is 2.30. The number of phenolic OH excluding ortho intramolecular Hbond substituents is 1. The molecule has 1 aliphatic rings.